The molecule has 1 saturated carbocycles. The predicted octanol–water partition coefficient (Wildman–Crippen LogP) is 2.02. The molecule has 1 aliphatic rings. The molecule has 5 N–H and O–H groups in total. The normalized spacial score (nSPS) is 20.6. The van der Waals surface area contributed by atoms with E-state index < -0.39 is 10.2 Å². The monoisotopic (exact) mass is 486 g/mol. The van der Waals surface area contributed by atoms with Crippen molar-refractivity contribution in [1.82, 2.24) is 15.0 Å². The summed E-state index contributed by atoms with van der Waals surface area (Å²) in [4.78, 5) is 0. The van der Waals surface area contributed by atoms with Gasteiger partial charge < -0.3 is 10.5 Å². The number of halogens is 1. The number of nitrogens with one attached hydrogen (secondary N) is 2. The minimum Gasteiger partial charge on any atom is -0.411 e. The molecule has 12 heteroatoms. The van der Waals surface area contributed by atoms with Crippen molar-refractivity contribution in [2.24, 2.45) is 16.2 Å². The fourth-order valence-corrected chi connectivity index (χ4v) is 4.33. The quantitative estimate of drug-likeness (QED) is 0.252. The van der Waals surface area contributed by atoms with Crippen LogP contribution in [0.4, 0.5) is 5.82 Å². The molecule has 1 heterocycles. The van der Waals surface area contributed by atoms with Crippen molar-refractivity contribution >= 4 is 37.7 Å². The van der Waals surface area contributed by atoms with Gasteiger partial charge in [0.1, 0.15) is 5.71 Å². The van der Waals surface area contributed by atoms with Gasteiger partial charge in [0.2, 0.25) is 5.82 Å². The highest BCUT2D eigenvalue weighted by Gasteiger charge is 2.25. The number of nitrogens with zero attached hydrogens (tertiary/aromatic N) is 3. The molecule has 0 radical (unpaired) electrons. The van der Waals surface area contributed by atoms with Gasteiger partial charge in [0.05, 0.1) is 0 Å². The van der Waals surface area contributed by atoms with Crippen LogP contribution in [0.3, 0.4) is 0 Å². The number of nitrogens with two attached hydrogens (primary N) is 1. The first-order chi connectivity index (χ1) is 13.8. The summed E-state index contributed by atoms with van der Waals surface area (Å²) >= 11 is 3.42. The van der Waals surface area contributed by atoms with Gasteiger partial charge in [0.15, 0.2) is 5.69 Å². The van der Waals surface area contributed by atoms with Crippen molar-refractivity contribution in [3.8, 4) is 0 Å². The summed E-state index contributed by atoms with van der Waals surface area (Å²) in [5.74, 6) is 0.672. The topological polar surface area (TPSA) is 156 Å². The maximum Gasteiger partial charge on any atom is 0.274 e. The number of benzene rings is 1. The van der Waals surface area contributed by atoms with Gasteiger partial charge in [-0.3, -0.25) is 0 Å². The summed E-state index contributed by atoms with van der Waals surface area (Å²) in [6.07, 6.45) is 3.73. The molecular weight excluding hydrogens is 464 g/mol. The van der Waals surface area contributed by atoms with Gasteiger partial charge in [-0.05, 0) is 59.6 Å². The van der Waals surface area contributed by atoms with E-state index in [9.17, 15) is 13.6 Å². The highest BCUT2D eigenvalue weighted by Crippen LogP contribution is 2.27. The fourth-order valence-electron chi connectivity index (χ4n) is 3.42. The van der Waals surface area contributed by atoms with Crippen molar-refractivity contribution in [3.63, 3.8) is 0 Å². The Balaban J connectivity index is 1.59. The molecule has 1 aliphatic carbocycles. The van der Waals surface area contributed by atoms with Crippen LogP contribution >= 0.6 is 15.9 Å². The summed E-state index contributed by atoms with van der Waals surface area (Å²) in [5, 5.41) is 29.0. The van der Waals surface area contributed by atoms with E-state index in [0.29, 0.717) is 30.2 Å². The maximum atomic E-state index is 11.0. The molecule has 0 aliphatic heterocycles. The zero-order chi connectivity index (χ0) is 20.9. The second-order valence-electron chi connectivity index (χ2n) is 7.07. The molecule has 29 heavy (non-hydrogen) atoms. The van der Waals surface area contributed by atoms with Crippen molar-refractivity contribution in [2.75, 3.05) is 11.9 Å². The first-order valence-electron chi connectivity index (χ1n) is 9.16. The van der Waals surface area contributed by atoms with E-state index in [1.165, 1.54) is 0 Å². The SMILES string of the molecule is NS(=O)(=O)NCC1CCC(Nc2nonc2C(Cc2cccc(Br)c2)=NO)CC1. The van der Waals surface area contributed by atoms with Crippen LogP contribution in [0.15, 0.2) is 38.5 Å². The van der Waals surface area contributed by atoms with Crippen molar-refractivity contribution in [2.45, 2.75) is 38.1 Å². The minimum absolute atomic E-state index is 0.136. The van der Waals surface area contributed by atoms with Crippen LogP contribution < -0.4 is 15.2 Å². The second kappa shape index (κ2) is 9.65. The lowest BCUT2D eigenvalue weighted by Gasteiger charge is -2.29. The van der Waals surface area contributed by atoms with Crippen LogP contribution in [-0.2, 0) is 16.6 Å². The van der Waals surface area contributed by atoms with E-state index in [2.05, 4.69) is 41.4 Å². The molecule has 1 aromatic heterocycles. The average molecular weight is 487 g/mol. The Labute approximate surface area is 177 Å². The molecule has 1 fully saturated rings. The van der Waals surface area contributed by atoms with Crippen molar-refractivity contribution in [1.29, 1.82) is 0 Å². The average Bonchev–Trinajstić information content (AvgIpc) is 3.13. The summed E-state index contributed by atoms with van der Waals surface area (Å²) in [7, 11) is -3.66. The minimum atomic E-state index is -3.66. The lowest BCUT2D eigenvalue weighted by atomic mass is 9.86. The predicted molar refractivity (Wildman–Crippen MR) is 111 cm³/mol. The Kier molecular flexibility index (Phi) is 7.22. The molecular formula is C17H23BrN6O4S. The maximum absolute atomic E-state index is 11.0. The van der Waals surface area contributed by atoms with E-state index in [4.69, 9.17) is 9.77 Å². The van der Waals surface area contributed by atoms with Gasteiger partial charge in [-0.15, -0.1) is 0 Å². The fraction of sp³-hybridized carbons (Fsp3) is 0.471. The van der Waals surface area contributed by atoms with E-state index in [-0.39, 0.29) is 12.0 Å². The van der Waals surface area contributed by atoms with Crippen LogP contribution in [0, 0.1) is 5.92 Å². The second-order valence-corrected chi connectivity index (χ2v) is 9.36. The molecule has 0 bridgehead atoms. The summed E-state index contributed by atoms with van der Waals surface area (Å²) in [6.45, 7) is 0.344. The Morgan fingerprint density at radius 3 is 2.72 bits per heavy atom. The largest absolute Gasteiger partial charge is 0.411 e. The summed E-state index contributed by atoms with van der Waals surface area (Å²) in [6, 6.07) is 7.81. The summed E-state index contributed by atoms with van der Waals surface area (Å²) in [5.41, 5.74) is 1.66. The van der Waals surface area contributed by atoms with Gasteiger partial charge in [-0.25, -0.2) is 14.5 Å². The zero-order valence-electron chi connectivity index (χ0n) is 15.6. The molecule has 10 nitrogen and oxygen atoms in total. The van der Waals surface area contributed by atoms with E-state index in [1.807, 2.05) is 24.3 Å². The van der Waals surface area contributed by atoms with Gasteiger partial charge in [0, 0.05) is 23.5 Å². The van der Waals surface area contributed by atoms with Crippen LogP contribution in [-0.4, -0.2) is 42.2 Å². The third-order valence-electron chi connectivity index (χ3n) is 4.90. The van der Waals surface area contributed by atoms with Gasteiger partial charge in [-0.1, -0.05) is 33.2 Å². The molecule has 2 aromatic rings. The lowest BCUT2D eigenvalue weighted by molar-refractivity contribution is 0.303. The first-order valence-corrected chi connectivity index (χ1v) is 11.5. The van der Waals surface area contributed by atoms with Crippen LogP contribution in [0.5, 0.6) is 0 Å². The Morgan fingerprint density at radius 2 is 2.07 bits per heavy atom. The van der Waals surface area contributed by atoms with Crippen molar-refractivity contribution < 1.29 is 18.3 Å². The van der Waals surface area contributed by atoms with Gasteiger partial charge >= 0.3 is 0 Å². The van der Waals surface area contributed by atoms with Crippen LogP contribution in [0.2, 0.25) is 0 Å². The van der Waals surface area contributed by atoms with E-state index in [0.717, 1.165) is 35.7 Å². The smallest absolute Gasteiger partial charge is 0.274 e. The Morgan fingerprint density at radius 1 is 1.31 bits per heavy atom. The Hall–Kier alpha value is -2.02. The zero-order valence-corrected chi connectivity index (χ0v) is 18.0. The number of anilines is 1. The molecule has 0 unspecified atom stereocenters. The first kappa shape index (κ1) is 21.7. The number of oxime groups is 1. The number of rotatable bonds is 8. The highest BCUT2D eigenvalue weighted by molar-refractivity contribution is 9.10. The van der Waals surface area contributed by atoms with E-state index in [1.54, 1.807) is 0 Å². The Bertz CT molecular complexity index is 956. The van der Waals surface area contributed by atoms with Crippen LogP contribution in [0.1, 0.15) is 36.9 Å². The van der Waals surface area contributed by atoms with Gasteiger partial charge in [0.25, 0.3) is 10.2 Å². The highest BCUT2D eigenvalue weighted by atomic mass is 79.9. The third kappa shape index (κ3) is 6.49. The summed E-state index contributed by atoms with van der Waals surface area (Å²) < 4.78 is 30.2. The molecule has 0 atom stereocenters. The number of aromatic nitrogens is 2. The molecule has 0 saturated heterocycles. The molecule has 0 amide bonds. The number of hydrogen-bond donors (Lipinski definition) is 4. The third-order valence-corrected chi connectivity index (χ3v) is 5.97. The standard InChI is InChI=1S/C17H23BrN6O4S/c18-13-3-1-2-12(8-13)9-15(22-25)16-17(24-28-23-16)21-14-6-4-11(5-7-14)10-20-29(19,26)27/h1-3,8,11,14,20,25H,4-7,9-10H2,(H,21,24)(H2,19,26,27). The molecule has 3 rings (SSSR count). The lowest BCUT2D eigenvalue weighted by Crippen LogP contribution is -2.37. The molecule has 1 aromatic carbocycles. The van der Waals surface area contributed by atoms with E-state index >= 15 is 0 Å². The van der Waals surface area contributed by atoms with Crippen LogP contribution in [0.25, 0.3) is 0 Å². The number of hydrogen-bond acceptors (Lipinski definition) is 8. The molecule has 0 spiro atoms. The van der Waals surface area contributed by atoms with Gasteiger partial charge in [-0.2, -0.15) is 8.42 Å². The van der Waals surface area contributed by atoms with Crippen molar-refractivity contribution in [3.05, 3.63) is 40.0 Å². The molecule has 158 valence electrons.